The number of rotatable bonds is 5. The van der Waals surface area contributed by atoms with Crippen LogP contribution in [0.15, 0.2) is 18.5 Å². The molecule has 0 aliphatic heterocycles. The van der Waals surface area contributed by atoms with Gasteiger partial charge < -0.3 is 10.6 Å². The van der Waals surface area contributed by atoms with Crippen LogP contribution in [0.5, 0.6) is 0 Å². The van der Waals surface area contributed by atoms with Crippen molar-refractivity contribution in [3.05, 3.63) is 18.5 Å². The number of aromatic nitrogens is 3. The molecule has 130 valence electrons. The van der Waals surface area contributed by atoms with Crippen molar-refractivity contribution in [2.75, 3.05) is 5.32 Å². The first-order chi connectivity index (χ1) is 11.2. The van der Waals surface area contributed by atoms with Gasteiger partial charge in [0.2, 0.25) is 11.8 Å². The molecule has 24 heavy (non-hydrogen) atoms. The number of aryl methyl sites for hydroxylation is 1. The summed E-state index contributed by atoms with van der Waals surface area (Å²) in [6, 6.07) is 0.675. The maximum absolute atomic E-state index is 12.1. The molecule has 0 radical (unpaired) electrons. The molecule has 0 fully saturated rings. The lowest BCUT2D eigenvalue weighted by Crippen LogP contribution is -2.41. The molecule has 0 bridgehead atoms. The van der Waals surface area contributed by atoms with Crippen molar-refractivity contribution in [3.8, 4) is 0 Å². The summed E-state index contributed by atoms with van der Waals surface area (Å²) < 4.78 is 37.8. The molecule has 2 aromatic heterocycles. The number of carbonyl (C=O) groups excluding carboxylic acids is 2. The Labute approximate surface area is 135 Å². The minimum Gasteiger partial charge on any atom is -0.345 e. The predicted octanol–water partition coefficient (Wildman–Crippen LogP) is 1.75. The molecule has 10 heteroatoms. The number of amides is 2. The molecule has 0 aromatic carbocycles. The Morgan fingerprint density at radius 2 is 2.08 bits per heavy atom. The van der Waals surface area contributed by atoms with E-state index >= 15 is 0 Å². The summed E-state index contributed by atoms with van der Waals surface area (Å²) in [5.41, 5.74) is 0.703. The molecule has 7 nitrogen and oxygen atoms in total. The van der Waals surface area contributed by atoms with E-state index in [1.165, 1.54) is 11.6 Å². The van der Waals surface area contributed by atoms with Crippen LogP contribution in [0.2, 0.25) is 0 Å². The normalized spacial score (nSPS) is 12.9. The van der Waals surface area contributed by atoms with Gasteiger partial charge in [0.1, 0.15) is 6.04 Å². The number of fused-ring (bicyclic) bond motifs is 1. The lowest BCUT2D eigenvalue weighted by atomic mass is 10.2. The number of alkyl halides is 3. The van der Waals surface area contributed by atoms with Crippen molar-refractivity contribution >= 4 is 28.5 Å². The first-order valence-corrected chi connectivity index (χ1v) is 7.11. The van der Waals surface area contributed by atoms with Gasteiger partial charge in [-0.15, -0.1) is 0 Å². The molecule has 0 aliphatic rings. The van der Waals surface area contributed by atoms with Crippen molar-refractivity contribution in [1.82, 2.24) is 20.1 Å². The second-order valence-corrected chi connectivity index (χ2v) is 5.26. The Morgan fingerprint density at radius 3 is 2.75 bits per heavy atom. The van der Waals surface area contributed by atoms with Gasteiger partial charge in [0.25, 0.3) is 0 Å². The molecule has 0 saturated heterocycles. The fourth-order valence-corrected chi connectivity index (χ4v) is 2.05. The zero-order valence-corrected chi connectivity index (χ0v) is 13.0. The lowest BCUT2D eigenvalue weighted by Gasteiger charge is -2.13. The molecule has 0 saturated carbocycles. The van der Waals surface area contributed by atoms with Crippen molar-refractivity contribution in [1.29, 1.82) is 0 Å². The van der Waals surface area contributed by atoms with Crippen LogP contribution < -0.4 is 10.6 Å². The summed E-state index contributed by atoms with van der Waals surface area (Å²) in [6.45, 7) is 1.38. The fraction of sp³-hybridized carbons (Fsp3) is 0.429. The molecule has 0 aliphatic carbocycles. The number of anilines is 1. The van der Waals surface area contributed by atoms with Crippen LogP contribution in [-0.2, 0) is 16.6 Å². The van der Waals surface area contributed by atoms with Crippen LogP contribution in [0.1, 0.15) is 19.8 Å². The fourth-order valence-electron chi connectivity index (χ4n) is 2.05. The molecule has 0 unspecified atom stereocenters. The first-order valence-electron chi connectivity index (χ1n) is 7.11. The van der Waals surface area contributed by atoms with Crippen LogP contribution in [0.4, 0.5) is 19.0 Å². The number of hydrogen-bond donors (Lipinski definition) is 2. The third kappa shape index (κ3) is 4.43. The standard InChI is InChI=1S/C14H16F3N5O2/c1-8(19-11(23)3-5-14(15,16)17)13(24)20-12-9-4-6-18-7-10(9)22(2)21-12/h4,6-8H,3,5H2,1-2H3,(H,19,23)(H,20,21,24)/t8-/m0/s1. The second-order valence-electron chi connectivity index (χ2n) is 5.26. The van der Waals surface area contributed by atoms with Crippen molar-refractivity contribution in [2.24, 2.45) is 7.05 Å². The Hall–Kier alpha value is -2.65. The van der Waals surface area contributed by atoms with Crippen LogP contribution >= 0.6 is 0 Å². The lowest BCUT2D eigenvalue weighted by molar-refractivity contribution is -0.144. The molecular formula is C14H16F3N5O2. The second kappa shape index (κ2) is 6.85. The number of halogens is 3. The highest BCUT2D eigenvalue weighted by molar-refractivity contribution is 6.02. The summed E-state index contributed by atoms with van der Waals surface area (Å²) in [5, 5.41) is 9.58. The smallest absolute Gasteiger partial charge is 0.345 e. The summed E-state index contributed by atoms with van der Waals surface area (Å²) >= 11 is 0. The molecule has 2 amide bonds. The Morgan fingerprint density at radius 1 is 1.38 bits per heavy atom. The van der Waals surface area contributed by atoms with E-state index in [0.29, 0.717) is 10.9 Å². The molecule has 2 N–H and O–H groups in total. The van der Waals surface area contributed by atoms with E-state index in [1.807, 2.05) is 0 Å². The highest BCUT2D eigenvalue weighted by atomic mass is 19.4. The third-order valence-corrected chi connectivity index (χ3v) is 3.30. The van der Waals surface area contributed by atoms with Crippen LogP contribution in [0.3, 0.4) is 0 Å². The van der Waals surface area contributed by atoms with Crippen molar-refractivity contribution in [3.63, 3.8) is 0 Å². The van der Waals surface area contributed by atoms with Crippen LogP contribution in [0.25, 0.3) is 10.9 Å². The van der Waals surface area contributed by atoms with Gasteiger partial charge in [-0.3, -0.25) is 19.3 Å². The Bertz CT molecular complexity index is 756. The summed E-state index contributed by atoms with van der Waals surface area (Å²) in [4.78, 5) is 27.5. The van der Waals surface area contributed by atoms with Crippen molar-refractivity contribution < 1.29 is 22.8 Å². The van der Waals surface area contributed by atoms with E-state index in [9.17, 15) is 22.8 Å². The molecule has 0 spiro atoms. The molecule has 2 rings (SSSR count). The van der Waals surface area contributed by atoms with Crippen molar-refractivity contribution in [2.45, 2.75) is 32.0 Å². The highest BCUT2D eigenvalue weighted by Crippen LogP contribution is 2.22. The van der Waals surface area contributed by atoms with Gasteiger partial charge in [-0.05, 0) is 13.0 Å². The maximum atomic E-state index is 12.1. The van der Waals surface area contributed by atoms with Gasteiger partial charge >= 0.3 is 6.18 Å². The van der Waals surface area contributed by atoms with E-state index in [4.69, 9.17) is 0 Å². The largest absolute Gasteiger partial charge is 0.389 e. The van der Waals surface area contributed by atoms with E-state index < -0.39 is 36.9 Å². The average Bonchev–Trinajstić information content (AvgIpc) is 2.81. The SMILES string of the molecule is C[C@H](NC(=O)CCC(F)(F)F)C(=O)Nc1nn(C)c2cnccc12. The number of hydrogen-bond acceptors (Lipinski definition) is 4. The van der Waals surface area contributed by atoms with Gasteiger partial charge in [0, 0.05) is 25.1 Å². The van der Waals surface area contributed by atoms with Gasteiger partial charge in [-0.2, -0.15) is 18.3 Å². The summed E-state index contributed by atoms with van der Waals surface area (Å²) in [6.07, 6.45) is -3.24. The minimum atomic E-state index is -4.41. The monoisotopic (exact) mass is 343 g/mol. The Kier molecular flexibility index (Phi) is 5.05. The number of carbonyl (C=O) groups is 2. The zero-order valence-electron chi connectivity index (χ0n) is 13.0. The topological polar surface area (TPSA) is 88.9 Å². The van der Waals surface area contributed by atoms with E-state index in [1.54, 1.807) is 25.5 Å². The number of pyridine rings is 1. The number of nitrogens with one attached hydrogen (secondary N) is 2. The molecule has 2 aromatic rings. The minimum absolute atomic E-state index is 0.288. The van der Waals surface area contributed by atoms with Gasteiger partial charge in [0.05, 0.1) is 18.1 Å². The first kappa shape index (κ1) is 17.7. The van der Waals surface area contributed by atoms with Crippen LogP contribution in [-0.4, -0.2) is 38.8 Å². The quantitative estimate of drug-likeness (QED) is 0.866. The number of nitrogens with zero attached hydrogens (tertiary/aromatic N) is 3. The molecular weight excluding hydrogens is 327 g/mol. The van der Waals surface area contributed by atoms with E-state index in [-0.39, 0.29) is 5.82 Å². The molecule has 1 atom stereocenters. The Balaban J connectivity index is 1.97. The third-order valence-electron chi connectivity index (χ3n) is 3.30. The maximum Gasteiger partial charge on any atom is 0.389 e. The average molecular weight is 343 g/mol. The zero-order chi connectivity index (χ0) is 17.9. The predicted molar refractivity (Wildman–Crippen MR) is 80.0 cm³/mol. The highest BCUT2D eigenvalue weighted by Gasteiger charge is 2.28. The summed E-state index contributed by atoms with van der Waals surface area (Å²) in [5.74, 6) is -1.13. The van der Waals surface area contributed by atoms with E-state index in [0.717, 1.165) is 0 Å². The van der Waals surface area contributed by atoms with Crippen LogP contribution in [0, 0.1) is 0 Å². The van der Waals surface area contributed by atoms with Gasteiger partial charge in [0.15, 0.2) is 5.82 Å². The van der Waals surface area contributed by atoms with Gasteiger partial charge in [-0.25, -0.2) is 0 Å². The summed E-state index contributed by atoms with van der Waals surface area (Å²) in [7, 11) is 1.68. The van der Waals surface area contributed by atoms with E-state index in [2.05, 4.69) is 20.7 Å². The van der Waals surface area contributed by atoms with Gasteiger partial charge in [-0.1, -0.05) is 0 Å². The molecule has 2 heterocycles.